The van der Waals surface area contributed by atoms with Gasteiger partial charge < -0.3 is 15.4 Å². The van der Waals surface area contributed by atoms with Crippen LogP contribution >= 0.6 is 11.3 Å². The van der Waals surface area contributed by atoms with E-state index < -0.39 is 23.9 Å². The summed E-state index contributed by atoms with van der Waals surface area (Å²) in [5, 5.41) is 6.00. The highest BCUT2D eigenvalue weighted by Gasteiger charge is 2.34. The molecule has 0 radical (unpaired) electrons. The molecule has 0 bridgehead atoms. The average Bonchev–Trinajstić information content (AvgIpc) is 3.18. The monoisotopic (exact) mass is 463 g/mol. The van der Waals surface area contributed by atoms with Gasteiger partial charge in [0.2, 0.25) is 5.82 Å². The molecule has 3 aromatic rings. The fourth-order valence-corrected chi connectivity index (χ4v) is 3.82. The molecule has 0 aliphatic carbocycles. The molecule has 166 valence electrons. The van der Waals surface area contributed by atoms with Crippen LogP contribution in [-0.4, -0.2) is 33.4 Å². The summed E-state index contributed by atoms with van der Waals surface area (Å²) in [6.07, 6.45) is -0.921. The Balaban J connectivity index is 1.62. The molecule has 1 aromatic carbocycles. The van der Waals surface area contributed by atoms with Crippen molar-refractivity contribution in [1.29, 1.82) is 0 Å². The summed E-state index contributed by atoms with van der Waals surface area (Å²) >= 11 is 1.40. The number of carbonyl (C=O) groups is 2. The molecule has 8 nitrogen and oxygen atoms in total. The molecule has 32 heavy (non-hydrogen) atoms. The number of ether oxygens (including phenoxy) is 1. The van der Waals surface area contributed by atoms with Crippen LogP contribution in [0.2, 0.25) is 0 Å². The number of alkyl halides is 3. The van der Waals surface area contributed by atoms with Gasteiger partial charge in [-0.3, -0.25) is 9.59 Å². The number of halogens is 3. The van der Waals surface area contributed by atoms with Crippen LogP contribution in [0.25, 0.3) is 10.6 Å². The number of aromatic nitrogens is 3. The average molecular weight is 463 g/mol. The number of aryl methyl sites for hydroxylation is 1. The second kappa shape index (κ2) is 8.19. The number of thiazole rings is 1. The quantitative estimate of drug-likeness (QED) is 0.611. The van der Waals surface area contributed by atoms with Gasteiger partial charge in [0.15, 0.2) is 12.4 Å². The molecule has 2 amide bonds. The number of nitrogens with zero attached hydrogens (tertiary/aromatic N) is 3. The van der Waals surface area contributed by atoms with Crippen LogP contribution in [0.3, 0.4) is 0 Å². The second-order valence-electron chi connectivity index (χ2n) is 7.05. The minimum atomic E-state index is -4.65. The highest BCUT2D eigenvalue weighted by atomic mass is 32.1. The van der Waals surface area contributed by atoms with E-state index in [1.165, 1.54) is 17.4 Å². The largest absolute Gasteiger partial charge is 0.481 e. The van der Waals surface area contributed by atoms with E-state index in [0.717, 1.165) is 17.3 Å². The molecule has 2 aromatic heterocycles. The lowest BCUT2D eigenvalue weighted by Gasteiger charge is -2.22. The first kappa shape index (κ1) is 21.7. The second-order valence-corrected chi connectivity index (χ2v) is 8.28. The van der Waals surface area contributed by atoms with E-state index in [4.69, 9.17) is 4.74 Å². The molecule has 0 saturated carbocycles. The van der Waals surface area contributed by atoms with Crippen molar-refractivity contribution in [2.75, 3.05) is 11.9 Å². The Kier molecular flexibility index (Phi) is 5.55. The van der Waals surface area contributed by atoms with E-state index in [1.807, 2.05) is 6.92 Å². The van der Waals surface area contributed by atoms with Crippen LogP contribution in [0.15, 0.2) is 30.7 Å². The summed E-state index contributed by atoms with van der Waals surface area (Å²) in [4.78, 5) is 36.6. The molecule has 0 spiro atoms. The molecule has 12 heteroatoms. The number of rotatable bonds is 4. The topological polar surface area (TPSA) is 106 Å². The van der Waals surface area contributed by atoms with Crippen LogP contribution < -0.4 is 15.4 Å². The van der Waals surface area contributed by atoms with Crippen molar-refractivity contribution in [3.05, 3.63) is 52.6 Å². The molecule has 1 aliphatic heterocycles. The Labute approximate surface area is 183 Å². The van der Waals surface area contributed by atoms with Crippen molar-refractivity contribution in [3.63, 3.8) is 0 Å². The van der Waals surface area contributed by atoms with Crippen molar-refractivity contribution >= 4 is 28.8 Å². The Morgan fingerprint density at radius 1 is 1.22 bits per heavy atom. The first-order chi connectivity index (χ1) is 15.1. The molecular weight excluding hydrogens is 447 g/mol. The van der Waals surface area contributed by atoms with E-state index in [1.54, 1.807) is 19.2 Å². The fourth-order valence-electron chi connectivity index (χ4n) is 3.04. The Morgan fingerprint density at radius 2 is 1.94 bits per heavy atom. The molecule has 3 heterocycles. The van der Waals surface area contributed by atoms with E-state index >= 15 is 0 Å². The number of hydrogen-bond acceptors (Lipinski definition) is 7. The zero-order chi connectivity index (χ0) is 23.0. The van der Waals surface area contributed by atoms with E-state index in [0.29, 0.717) is 27.6 Å². The van der Waals surface area contributed by atoms with Crippen molar-refractivity contribution < 1.29 is 27.5 Å². The molecule has 0 fully saturated rings. The number of anilines is 1. The zero-order valence-electron chi connectivity index (χ0n) is 16.8. The van der Waals surface area contributed by atoms with Gasteiger partial charge in [-0.1, -0.05) is 0 Å². The number of fused-ring (bicyclic) bond motifs is 1. The SMILES string of the molecule is Cc1cnc(-c2cc(C(=O)N[C@H](C)c3cnc(C(F)(F)F)nc3)cc3c2OCC(=O)N3)s1. The highest BCUT2D eigenvalue weighted by Crippen LogP contribution is 2.41. The van der Waals surface area contributed by atoms with Crippen LogP contribution in [0, 0.1) is 6.92 Å². The molecule has 1 atom stereocenters. The molecule has 0 unspecified atom stereocenters. The van der Waals surface area contributed by atoms with E-state index in [2.05, 4.69) is 25.6 Å². The van der Waals surface area contributed by atoms with Gasteiger partial charge in [-0.2, -0.15) is 13.2 Å². The summed E-state index contributed by atoms with van der Waals surface area (Å²) in [6.45, 7) is 3.33. The first-order valence-electron chi connectivity index (χ1n) is 9.35. The minimum Gasteiger partial charge on any atom is -0.481 e. The molecule has 4 rings (SSSR count). The third-order valence-electron chi connectivity index (χ3n) is 4.60. The van der Waals surface area contributed by atoms with Crippen LogP contribution in [-0.2, 0) is 11.0 Å². The third kappa shape index (κ3) is 4.40. The number of amides is 2. The summed E-state index contributed by atoms with van der Waals surface area (Å²) in [6, 6.07) is 2.40. The summed E-state index contributed by atoms with van der Waals surface area (Å²) in [5.41, 5.74) is 1.41. The Bertz CT molecular complexity index is 1190. The molecule has 1 aliphatic rings. The number of hydrogen-bond donors (Lipinski definition) is 2. The van der Waals surface area contributed by atoms with Gasteiger partial charge in [-0.05, 0) is 26.0 Å². The summed E-state index contributed by atoms with van der Waals surface area (Å²) in [5.74, 6) is -1.70. The molecule has 2 N–H and O–H groups in total. The number of nitrogens with one attached hydrogen (secondary N) is 2. The van der Waals surface area contributed by atoms with Crippen molar-refractivity contribution in [1.82, 2.24) is 20.3 Å². The number of benzene rings is 1. The Hall–Kier alpha value is -3.54. The van der Waals surface area contributed by atoms with Gasteiger partial charge in [0, 0.05) is 34.6 Å². The van der Waals surface area contributed by atoms with Gasteiger partial charge in [-0.25, -0.2) is 15.0 Å². The lowest BCUT2D eigenvalue weighted by atomic mass is 10.1. The predicted octanol–water partition coefficient (Wildman–Crippen LogP) is 3.75. The van der Waals surface area contributed by atoms with Gasteiger partial charge in [0.25, 0.3) is 11.8 Å². The number of carbonyl (C=O) groups excluding carboxylic acids is 2. The van der Waals surface area contributed by atoms with Crippen molar-refractivity contribution in [2.24, 2.45) is 0 Å². The van der Waals surface area contributed by atoms with E-state index in [-0.39, 0.29) is 18.1 Å². The van der Waals surface area contributed by atoms with Crippen LogP contribution in [0.1, 0.15) is 39.6 Å². The molecular formula is C20H16F3N5O3S. The highest BCUT2D eigenvalue weighted by molar-refractivity contribution is 7.15. The maximum Gasteiger partial charge on any atom is 0.451 e. The predicted molar refractivity (Wildman–Crippen MR) is 109 cm³/mol. The van der Waals surface area contributed by atoms with Crippen molar-refractivity contribution in [3.8, 4) is 16.3 Å². The summed E-state index contributed by atoms with van der Waals surface area (Å²) in [7, 11) is 0. The maximum atomic E-state index is 12.9. The van der Waals surface area contributed by atoms with Crippen molar-refractivity contribution in [2.45, 2.75) is 26.1 Å². The minimum absolute atomic E-state index is 0.152. The van der Waals surface area contributed by atoms with Gasteiger partial charge in [0.1, 0.15) is 5.01 Å². The van der Waals surface area contributed by atoms with Gasteiger partial charge in [-0.15, -0.1) is 11.3 Å². The zero-order valence-corrected chi connectivity index (χ0v) is 17.6. The fraction of sp³-hybridized carbons (Fsp3) is 0.250. The van der Waals surface area contributed by atoms with Crippen LogP contribution in [0.5, 0.6) is 5.75 Å². The van der Waals surface area contributed by atoms with E-state index in [9.17, 15) is 22.8 Å². The standard InChI is InChI=1S/C20H16F3N5O3S/c1-9-5-24-18(32-9)13-3-11(4-14-16(13)31-8-15(29)28-14)17(30)27-10(2)12-6-25-19(26-7-12)20(21,22)23/h3-7,10H,8H2,1-2H3,(H,27,30)(H,28,29)/t10-/m1/s1. The lowest BCUT2D eigenvalue weighted by molar-refractivity contribution is -0.145. The first-order valence-corrected chi connectivity index (χ1v) is 10.2. The maximum absolute atomic E-state index is 12.9. The molecule has 0 saturated heterocycles. The Morgan fingerprint density at radius 3 is 2.56 bits per heavy atom. The smallest absolute Gasteiger partial charge is 0.451 e. The van der Waals surface area contributed by atoms with Crippen LogP contribution in [0.4, 0.5) is 18.9 Å². The summed E-state index contributed by atoms with van der Waals surface area (Å²) < 4.78 is 43.5. The lowest BCUT2D eigenvalue weighted by Crippen LogP contribution is -2.29. The third-order valence-corrected chi connectivity index (χ3v) is 5.54. The normalized spacial score (nSPS) is 14.2. The van der Waals surface area contributed by atoms with Gasteiger partial charge >= 0.3 is 6.18 Å². The van der Waals surface area contributed by atoms with Gasteiger partial charge in [0.05, 0.1) is 17.3 Å².